The van der Waals surface area contributed by atoms with E-state index in [0.29, 0.717) is 12.5 Å². The molecule has 0 spiro atoms. The molecule has 0 saturated heterocycles. The van der Waals surface area contributed by atoms with Crippen LogP contribution in [0, 0.1) is 26.7 Å². The van der Waals surface area contributed by atoms with Crippen LogP contribution in [0.1, 0.15) is 42.3 Å². The second-order valence-electron chi connectivity index (χ2n) is 5.76. The van der Waals surface area contributed by atoms with Crippen molar-refractivity contribution in [3.8, 4) is 0 Å². The molecule has 0 atom stereocenters. The minimum atomic E-state index is 0.637. The van der Waals surface area contributed by atoms with E-state index in [1.54, 1.807) is 0 Å². The Morgan fingerprint density at radius 1 is 1.30 bits per heavy atom. The van der Waals surface area contributed by atoms with Gasteiger partial charge in [-0.15, -0.1) is 0 Å². The van der Waals surface area contributed by atoms with Crippen molar-refractivity contribution in [1.29, 1.82) is 0 Å². The summed E-state index contributed by atoms with van der Waals surface area (Å²) in [7, 11) is 0. The molecule has 2 heterocycles. The van der Waals surface area contributed by atoms with Gasteiger partial charge in [-0.2, -0.15) is 5.10 Å². The van der Waals surface area contributed by atoms with Crippen molar-refractivity contribution >= 4 is 0 Å². The number of hydrogen-bond donors (Lipinski definition) is 1. The second kappa shape index (κ2) is 6.22. The van der Waals surface area contributed by atoms with Crippen molar-refractivity contribution in [3.05, 3.63) is 34.5 Å². The van der Waals surface area contributed by atoms with Crippen LogP contribution in [-0.4, -0.2) is 21.5 Å². The number of aromatic nitrogens is 3. The lowest BCUT2D eigenvalue weighted by Crippen LogP contribution is -2.19. The minimum Gasteiger partial charge on any atom is -0.359 e. The molecule has 2 aromatic heterocycles. The highest BCUT2D eigenvalue weighted by Crippen LogP contribution is 2.13. The molecule has 0 aliphatic heterocycles. The second-order valence-corrected chi connectivity index (χ2v) is 5.76. The van der Waals surface area contributed by atoms with E-state index in [1.165, 1.54) is 11.3 Å². The van der Waals surface area contributed by atoms with Gasteiger partial charge in [0.1, 0.15) is 6.54 Å². The zero-order valence-electron chi connectivity index (χ0n) is 13.0. The van der Waals surface area contributed by atoms with E-state index in [-0.39, 0.29) is 0 Å². The highest BCUT2D eigenvalue weighted by molar-refractivity contribution is 5.22. The summed E-state index contributed by atoms with van der Waals surface area (Å²) in [5.74, 6) is 1.48. The van der Waals surface area contributed by atoms with E-state index in [1.807, 2.05) is 17.7 Å². The quantitative estimate of drug-likeness (QED) is 0.881. The molecule has 0 fully saturated rings. The zero-order chi connectivity index (χ0) is 14.7. The van der Waals surface area contributed by atoms with Gasteiger partial charge in [-0.25, -0.2) is 0 Å². The van der Waals surface area contributed by atoms with E-state index in [2.05, 4.69) is 43.3 Å². The van der Waals surface area contributed by atoms with Crippen LogP contribution in [0.4, 0.5) is 0 Å². The smallest absolute Gasteiger partial charge is 0.158 e. The molecule has 110 valence electrons. The molecule has 0 saturated carbocycles. The van der Waals surface area contributed by atoms with Crippen molar-refractivity contribution in [3.63, 3.8) is 0 Å². The molecular weight excluding hydrogens is 252 g/mol. The molecule has 20 heavy (non-hydrogen) atoms. The molecule has 5 heteroatoms. The Labute approximate surface area is 120 Å². The zero-order valence-corrected chi connectivity index (χ0v) is 13.0. The summed E-state index contributed by atoms with van der Waals surface area (Å²) in [4.78, 5) is 0. The van der Waals surface area contributed by atoms with Gasteiger partial charge >= 0.3 is 0 Å². The fourth-order valence-corrected chi connectivity index (χ4v) is 2.09. The molecule has 0 bridgehead atoms. The number of aryl methyl sites for hydroxylation is 1. The molecule has 1 N–H and O–H groups in total. The number of hydrogen-bond acceptors (Lipinski definition) is 4. The fourth-order valence-electron chi connectivity index (χ4n) is 2.09. The highest BCUT2D eigenvalue weighted by atomic mass is 16.5. The average molecular weight is 276 g/mol. The maximum atomic E-state index is 5.38. The van der Waals surface area contributed by atoms with Crippen LogP contribution in [0.5, 0.6) is 0 Å². The monoisotopic (exact) mass is 276 g/mol. The highest BCUT2D eigenvalue weighted by Gasteiger charge is 2.10. The van der Waals surface area contributed by atoms with Gasteiger partial charge in [-0.3, -0.25) is 4.68 Å². The topological polar surface area (TPSA) is 55.9 Å². The molecule has 5 nitrogen and oxygen atoms in total. The first-order valence-corrected chi connectivity index (χ1v) is 7.13. The summed E-state index contributed by atoms with van der Waals surface area (Å²) in [5.41, 5.74) is 4.43. The van der Waals surface area contributed by atoms with Crippen LogP contribution < -0.4 is 5.32 Å². The van der Waals surface area contributed by atoms with Crippen molar-refractivity contribution < 1.29 is 4.52 Å². The van der Waals surface area contributed by atoms with Crippen molar-refractivity contribution in [1.82, 2.24) is 20.3 Å². The van der Waals surface area contributed by atoms with E-state index in [4.69, 9.17) is 4.52 Å². The van der Waals surface area contributed by atoms with Gasteiger partial charge in [0.25, 0.3) is 0 Å². The molecular formula is C15H24N4O. The summed E-state index contributed by atoms with van der Waals surface area (Å²) in [6.45, 7) is 12.9. The van der Waals surface area contributed by atoms with E-state index >= 15 is 0 Å². The van der Waals surface area contributed by atoms with Gasteiger partial charge in [0.05, 0.1) is 11.4 Å². The van der Waals surface area contributed by atoms with Gasteiger partial charge in [-0.05, 0) is 38.8 Å². The Morgan fingerprint density at radius 3 is 2.65 bits per heavy atom. The third kappa shape index (κ3) is 3.48. The molecule has 2 aromatic rings. The van der Waals surface area contributed by atoms with Crippen molar-refractivity contribution in [2.45, 2.75) is 47.7 Å². The third-order valence-corrected chi connectivity index (χ3v) is 3.52. The summed E-state index contributed by atoms with van der Waals surface area (Å²) in [5, 5.41) is 12.0. The maximum Gasteiger partial charge on any atom is 0.158 e. The largest absolute Gasteiger partial charge is 0.359 e. The summed E-state index contributed by atoms with van der Waals surface area (Å²) < 4.78 is 7.35. The van der Waals surface area contributed by atoms with Crippen LogP contribution in [0.2, 0.25) is 0 Å². The Hall–Kier alpha value is -1.62. The van der Waals surface area contributed by atoms with Crippen LogP contribution >= 0.6 is 0 Å². The molecule has 0 aliphatic rings. The first-order chi connectivity index (χ1) is 9.47. The molecule has 0 unspecified atom stereocenters. The maximum absolute atomic E-state index is 5.38. The standard InChI is InChI=1S/C15H24N4O/c1-10(2)7-16-8-14-6-15(20-18-14)9-19-13(5)11(3)12(4)17-19/h6,10,16H,7-9H2,1-5H3. The summed E-state index contributed by atoms with van der Waals surface area (Å²) in [6.07, 6.45) is 0. The van der Waals surface area contributed by atoms with Gasteiger partial charge in [0.2, 0.25) is 0 Å². The fraction of sp³-hybridized carbons (Fsp3) is 0.600. The van der Waals surface area contributed by atoms with E-state index < -0.39 is 0 Å². The number of nitrogens with zero attached hydrogens (tertiary/aromatic N) is 3. The first-order valence-electron chi connectivity index (χ1n) is 7.13. The Kier molecular flexibility index (Phi) is 4.60. The molecule has 0 aromatic carbocycles. The van der Waals surface area contributed by atoms with Crippen molar-refractivity contribution in [2.75, 3.05) is 6.54 Å². The SMILES string of the molecule is Cc1nn(Cc2cc(CNCC(C)C)no2)c(C)c1C. The number of nitrogens with one attached hydrogen (secondary N) is 1. The van der Waals surface area contributed by atoms with Crippen LogP contribution in [0.15, 0.2) is 10.6 Å². The predicted molar refractivity (Wildman–Crippen MR) is 78.6 cm³/mol. The summed E-state index contributed by atoms with van der Waals surface area (Å²) >= 11 is 0. The van der Waals surface area contributed by atoms with Crippen molar-refractivity contribution in [2.24, 2.45) is 5.92 Å². The van der Waals surface area contributed by atoms with Gasteiger partial charge in [-0.1, -0.05) is 19.0 Å². The lowest BCUT2D eigenvalue weighted by molar-refractivity contribution is 0.362. The Morgan fingerprint density at radius 2 is 2.05 bits per heavy atom. The summed E-state index contributed by atoms with van der Waals surface area (Å²) in [6, 6.07) is 2.00. The van der Waals surface area contributed by atoms with Gasteiger partial charge < -0.3 is 9.84 Å². The predicted octanol–water partition coefficient (Wildman–Crippen LogP) is 2.59. The molecule has 0 radical (unpaired) electrons. The Balaban J connectivity index is 1.97. The normalized spacial score (nSPS) is 11.5. The average Bonchev–Trinajstić information content (AvgIpc) is 2.91. The first kappa shape index (κ1) is 14.8. The minimum absolute atomic E-state index is 0.637. The lowest BCUT2D eigenvalue weighted by Gasteiger charge is -2.04. The van der Waals surface area contributed by atoms with Crippen LogP contribution in [0.3, 0.4) is 0 Å². The number of rotatable bonds is 6. The van der Waals surface area contributed by atoms with Crippen LogP contribution in [-0.2, 0) is 13.1 Å². The van der Waals surface area contributed by atoms with E-state index in [9.17, 15) is 0 Å². The lowest BCUT2D eigenvalue weighted by atomic mass is 10.2. The third-order valence-electron chi connectivity index (χ3n) is 3.52. The van der Waals surface area contributed by atoms with Crippen LogP contribution in [0.25, 0.3) is 0 Å². The Bertz CT molecular complexity index is 568. The van der Waals surface area contributed by atoms with Gasteiger partial charge in [0, 0.05) is 18.3 Å². The molecule has 2 rings (SSSR count). The molecule has 0 amide bonds. The van der Waals surface area contributed by atoms with Gasteiger partial charge in [0.15, 0.2) is 5.76 Å². The molecule has 0 aliphatic carbocycles. The van der Waals surface area contributed by atoms with E-state index in [0.717, 1.165) is 30.2 Å².